The van der Waals surface area contributed by atoms with Gasteiger partial charge in [-0.2, -0.15) is 5.26 Å². The number of benzene rings is 1. The summed E-state index contributed by atoms with van der Waals surface area (Å²) in [6.45, 7) is 3.97. The maximum Gasteiger partial charge on any atom is 0.263 e. The molecule has 0 aromatic heterocycles. The third-order valence-electron chi connectivity index (χ3n) is 3.27. The molecule has 1 aliphatic heterocycles. The van der Waals surface area contributed by atoms with E-state index in [-0.39, 0.29) is 5.91 Å². The van der Waals surface area contributed by atoms with E-state index < -0.39 is 6.10 Å². The molecule has 112 valence electrons. The lowest BCUT2D eigenvalue weighted by Gasteiger charge is -2.29. The largest absolute Gasteiger partial charge is 0.493 e. The topological polar surface area (TPSA) is 71.8 Å². The van der Waals surface area contributed by atoms with Crippen molar-refractivity contribution in [2.24, 2.45) is 0 Å². The summed E-state index contributed by atoms with van der Waals surface area (Å²) in [5.41, 5.74) is 0.478. The van der Waals surface area contributed by atoms with Crippen LogP contribution < -0.4 is 9.47 Å². The Balaban J connectivity index is 2.06. The Morgan fingerprint density at radius 1 is 1.38 bits per heavy atom. The van der Waals surface area contributed by atoms with Gasteiger partial charge in [-0.05, 0) is 19.1 Å². The first kappa shape index (κ1) is 15.1. The number of amides is 1. The van der Waals surface area contributed by atoms with E-state index in [0.29, 0.717) is 43.4 Å². The lowest BCUT2D eigenvalue weighted by Crippen LogP contribution is -2.46. The van der Waals surface area contributed by atoms with Crippen molar-refractivity contribution >= 4 is 5.91 Å². The number of ether oxygens (including phenoxy) is 3. The summed E-state index contributed by atoms with van der Waals surface area (Å²) in [6.07, 6.45) is -0.620. The second kappa shape index (κ2) is 6.95. The Morgan fingerprint density at radius 2 is 2.10 bits per heavy atom. The third kappa shape index (κ3) is 3.64. The predicted octanol–water partition coefficient (Wildman–Crippen LogP) is 1.19. The van der Waals surface area contributed by atoms with Crippen LogP contribution in [-0.4, -0.2) is 50.3 Å². The van der Waals surface area contributed by atoms with Crippen LogP contribution in [0.4, 0.5) is 0 Å². The van der Waals surface area contributed by atoms with Gasteiger partial charge in [0.15, 0.2) is 17.6 Å². The summed E-state index contributed by atoms with van der Waals surface area (Å²) in [4.78, 5) is 14.0. The smallest absolute Gasteiger partial charge is 0.263 e. The van der Waals surface area contributed by atoms with Gasteiger partial charge in [0.25, 0.3) is 5.91 Å². The van der Waals surface area contributed by atoms with E-state index in [2.05, 4.69) is 0 Å². The van der Waals surface area contributed by atoms with E-state index in [4.69, 9.17) is 19.5 Å². The van der Waals surface area contributed by atoms with Crippen LogP contribution in [0.25, 0.3) is 0 Å². The Labute approximate surface area is 123 Å². The maximum atomic E-state index is 12.3. The minimum absolute atomic E-state index is 0.0790. The molecule has 2 rings (SSSR count). The van der Waals surface area contributed by atoms with E-state index in [9.17, 15) is 4.79 Å². The lowest BCUT2D eigenvalue weighted by atomic mass is 10.2. The highest BCUT2D eigenvalue weighted by atomic mass is 16.5. The normalized spacial score (nSPS) is 16.0. The van der Waals surface area contributed by atoms with Gasteiger partial charge in [0.1, 0.15) is 0 Å². The van der Waals surface area contributed by atoms with Gasteiger partial charge < -0.3 is 19.1 Å². The fraction of sp³-hybridized carbons (Fsp3) is 0.467. The van der Waals surface area contributed by atoms with Gasteiger partial charge >= 0.3 is 0 Å². The summed E-state index contributed by atoms with van der Waals surface area (Å²) in [5, 5.41) is 8.87. The Bertz CT molecular complexity index is 547. The van der Waals surface area contributed by atoms with Crippen molar-refractivity contribution < 1.29 is 19.0 Å². The number of nitrogens with zero attached hydrogens (tertiary/aromatic N) is 2. The van der Waals surface area contributed by atoms with Crippen LogP contribution in [0.1, 0.15) is 12.5 Å². The molecule has 0 bridgehead atoms. The molecule has 6 nitrogen and oxygen atoms in total. The van der Waals surface area contributed by atoms with Crippen LogP contribution >= 0.6 is 0 Å². The fourth-order valence-electron chi connectivity index (χ4n) is 2.12. The fourth-order valence-corrected chi connectivity index (χ4v) is 2.12. The van der Waals surface area contributed by atoms with Crippen LogP contribution in [0.5, 0.6) is 11.5 Å². The predicted molar refractivity (Wildman–Crippen MR) is 75.2 cm³/mol. The van der Waals surface area contributed by atoms with Crippen molar-refractivity contribution in [1.82, 2.24) is 4.90 Å². The van der Waals surface area contributed by atoms with Crippen LogP contribution in [0, 0.1) is 11.3 Å². The number of hydrogen-bond acceptors (Lipinski definition) is 5. The van der Waals surface area contributed by atoms with Gasteiger partial charge in [-0.1, -0.05) is 0 Å². The van der Waals surface area contributed by atoms with Gasteiger partial charge in [0, 0.05) is 19.2 Å². The number of morpholine rings is 1. The van der Waals surface area contributed by atoms with Crippen LogP contribution in [-0.2, 0) is 9.53 Å². The highest BCUT2D eigenvalue weighted by molar-refractivity contribution is 5.81. The van der Waals surface area contributed by atoms with Crippen molar-refractivity contribution in [3.63, 3.8) is 0 Å². The molecule has 1 aliphatic rings. The summed E-state index contributed by atoms with van der Waals surface area (Å²) < 4.78 is 16.1. The zero-order chi connectivity index (χ0) is 15.2. The number of rotatable bonds is 4. The van der Waals surface area contributed by atoms with Crippen molar-refractivity contribution in [3.05, 3.63) is 23.8 Å². The maximum absolute atomic E-state index is 12.3. The molecule has 21 heavy (non-hydrogen) atoms. The van der Waals surface area contributed by atoms with Gasteiger partial charge in [0.05, 0.1) is 32.0 Å². The van der Waals surface area contributed by atoms with Crippen LogP contribution in [0.15, 0.2) is 18.2 Å². The second-order valence-electron chi connectivity index (χ2n) is 4.68. The molecule has 1 amide bonds. The van der Waals surface area contributed by atoms with E-state index in [1.165, 1.54) is 7.11 Å². The molecule has 0 N–H and O–H groups in total. The summed E-state index contributed by atoms with van der Waals surface area (Å²) >= 11 is 0. The van der Waals surface area contributed by atoms with E-state index >= 15 is 0 Å². The zero-order valence-corrected chi connectivity index (χ0v) is 12.2. The molecular weight excluding hydrogens is 272 g/mol. The third-order valence-corrected chi connectivity index (χ3v) is 3.27. The quantitative estimate of drug-likeness (QED) is 0.833. The highest BCUT2D eigenvalue weighted by Gasteiger charge is 2.24. The second-order valence-corrected chi connectivity index (χ2v) is 4.68. The number of carbonyl (C=O) groups is 1. The molecule has 1 saturated heterocycles. The average Bonchev–Trinajstić information content (AvgIpc) is 2.55. The van der Waals surface area contributed by atoms with Gasteiger partial charge in [-0.25, -0.2) is 0 Å². The molecule has 0 saturated carbocycles. The zero-order valence-electron chi connectivity index (χ0n) is 12.2. The molecule has 1 atom stereocenters. The average molecular weight is 290 g/mol. The number of hydrogen-bond donors (Lipinski definition) is 0. The van der Waals surface area contributed by atoms with E-state index in [0.717, 1.165) is 0 Å². The summed E-state index contributed by atoms with van der Waals surface area (Å²) in [5.74, 6) is 0.811. The van der Waals surface area contributed by atoms with Crippen LogP contribution in [0.3, 0.4) is 0 Å². The Hall–Kier alpha value is -2.26. The molecule has 1 aromatic carbocycles. The summed E-state index contributed by atoms with van der Waals surface area (Å²) in [7, 11) is 1.50. The first-order chi connectivity index (χ1) is 10.2. The first-order valence-corrected chi connectivity index (χ1v) is 6.77. The standard InChI is InChI=1S/C15H18N2O4/c1-11(15(18)17-5-7-20-8-6-17)21-13-4-3-12(10-16)9-14(13)19-2/h3-4,9,11H,5-8H2,1-2H3. The molecule has 0 spiro atoms. The van der Waals surface area contributed by atoms with Crippen molar-refractivity contribution in [1.29, 1.82) is 5.26 Å². The molecule has 1 heterocycles. The molecule has 1 fully saturated rings. The monoisotopic (exact) mass is 290 g/mol. The number of nitriles is 1. The number of methoxy groups -OCH3 is 1. The van der Waals surface area contributed by atoms with Crippen molar-refractivity contribution in [2.75, 3.05) is 33.4 Å². The van der Waals surface area contributed by atoms with Gasteiger partial charge in [-0.3, -0.25) is 4.79 Å². The Morgan fingerprint density at radius 3 is 2.71 bits per heavy atom. The minimum atomic E-state index is -0.620. The first-order valence-electron chi connectivity index (χ1n) is 6.77. The van der Waals surface area contributed by atoms with Gasteiger partial charge in [-0.15, -0.1) is 0 Å². The van der Waals surface area contributed by atoms with Crippen molar-refractivity contribution in [2.45, 2.75) is 13.0 Å². The van der Waals surface area contributed by atoms with E-state index in [1.54, 1.807) is 30.0 Å². The van der Waals surface area contributed by atoms with Crippen LogP contribution in [0.2, 0.25) is 0 Å². The Kier molecular flexibility index (Phi) is 5.01. The molecule has 0 aliphatic carbocycles. The van der Waals surface area contributed by atoms with E-state index in [1.807, 2.05) is 6.07 Å². The SMILES string of the molecule is COc1cc(C#N)ccc1OC(C)C(=O)N1CCOCC1. The minimum Gasteiger partial charge on any atom is -0.493 e. The molecule has 1 unspecified atom stereocenters. The lowest BCUT2D eigenvalue weighted by molar-refractivity contribution is -0.142. The molecule has 1 aromatic rings. The van der Waals surface area contributed by atoms with Crippen molar-refractivity contribution in [3.8, 4) is 17.6 Å². The molecular formula is C15H18N2O4. The number of carbonyl (C=O) groups excluding carboxylic acids is 1. The van der Waals surface area contributed by atoms with Gasteiger partial charge in [0.2, 0.25) is 0 Å². The molecule has 6 heteroatoms. The molecule has 0 radical (unpaired) electrons. The highest BCUT2D eigenvalue weighted by Crippen LogP contribution is 2.29. The summed E-state index contributed by atoms with van der Waals surface area (Å²) in [6, 6.07) is 6.88.